The number of nitrogens with zero attached hydrogens (tertiary/aromatic N) is 3. The molecule has 120 valence electrons. The van der Waals surface area contributed by atoms with Crippen molar-refractivity contribution in [1.82, 2.24) is 15.0 Å². The Balaban J connectivity index is 1.87. The zero-order valence-corrected chi connectivity index (χ0v) is 13.4. The fourth-order valence-electron chi connectivity index (χ4n) is 2.21. The fourth-order valence-corrected chi connectivity index (χ4v) is 2.39. The molecule has 24 heavy (non-hydrogen) atoms. The first kappa shape index (κ1) is 15.8. The lowest BCUT2D eigenvalue weighted by molar-refractivity contribution is 0.396. The minimum Gasteiger partial charge on any atom is -0.480 e. The second-order valence-corrected chi connectivity index (χ2v) is 5.37. The predicted molar refractivity (Wildman–Crippen MR) is 90.2 cm³/mol. The molecule has 0 amide bonds. The second-order valence-electron chi connectivity index (χ2n) is 4.94. The van der Waals surface area contributed by atoms with E-state index in [-0.39, 0.29) is 29.5 Å². The number of nitriles is 1. The number of halogens is 1. The lowest BCUT2D eigenvalue weighted by Crippen LogP contribution is -2.16. The molecule has 8 heteroatoms. The first-order valence-electron chi connectivity index (χ1n) is 6.97. The average molecular weight is 342 g/mol. The summed E-state index contributed by atoms with van der Waals surface area (Å²) in [6.45, 7) is 0.215. The van der Waals surface area contributed by atoms with E-state index in [1.54, 1.807) is 24.3 Å². The first-order chi connectivity index (χ1) is 11.6. The molecule has 3 rings (SSSR count). The summed E-state index contributed by atoms with van der Waals surface area (Å²) in [7, 11) is 1.42. The average Bonchev–Trinajstić information content (AvgIpc) is 2.60. The van der Waals surface area contributed by atoms with E-state index in [0.717, 1.165) is 5.39 Å². The highest BCUT2D eigenvalue weighted by molar-refractivity contribution is 6.31. The third-order valence-corrected chi connectivity index (χ3v) is 3.62. The molecule has 0 aliphatic heterocycles. The number of nitrogens with one attached hydrogen (secondary N) is 2. The van der Waals surface area contributed by atoms with E-state index >= 15 is 0 Å². The Morgan fingerprint density at radius 1 is 1.42 bits per heavy atom. The summed E-state index contributed by atoms with van der Waals surface area (Å²) in [5.41, 5.74) is 1.25. The van der Waals surface area contributed by atoms with Crippen molar-refractivity contribution in [1.29, 1.82) is 5.26 Å². The van der Waals surface area contributed by atoms with E-state index in [1.807, 2.05) is 6.07 Å². The summed E-state index contributed by atoms with van der Waals surface area (Å²) in [6.07, 6.45) is 1.36. The van der Waals surface area contributed by atoms with Crippen molar-refractivity contribution < 1.29 is 4.74 Å². The topological polar surface area (TPSA) is 104 Å². The van der Waals surface area contributed by atoms with Crippen molar-refractivity contribution >= 4 is 28.5 Å². The SMILES string of the molecule is COc1nc(NCc2cc3cc(Cl)ccc3[nH]c2=O)ncc1C#N. The van der Waals surface area contributed by atoms with Crippen LogP contribution in [0.2, 0.25) is 5.02 Å². The maximum atomic E-state index is 12.1. The van der Waals surface area contributed by atoms with Crippen LogP contribution in [0.25, 0.3) is 10.9 Å². The van der Waals surface area contributed by atoms with Gasteiger partial charge in [-0.25, -0.2) is 4.98 Å². The van der Waals surface area contributed by atoms with Crippen LogP contribution in [0.1, 0.15) is 11.1 Å². The number of fused-ring (bicyclic) bond motifs is 1. The molecule has 0 fully saturated rings. The number of hydrogen-bond acceptors (Lipinski definition) is 6. The van der Waals surface area contributed by atoms with Crippen molar-refractivity contribution in [3.05, 3.63) is 57.0 Å². The Labute approximate surface area is 141 Å². The van der Waals surface area contributed by atoms with Gasteiger partial charge >= 0.3 is 0 Å². The van der Waals surface area contributed by atoms with Crippen LogP contribution in [0.5, 0.6) is 5.88 Å². The number of ether oxygens (including phenoxy) is 1. The summed E-state index contributed by atoms with van der Waals surface area (Å²) in [5, 5.41) is 13.3. The zero-order chi connectivity index (χ0) is 17.1. The Bertz CT molecular complexity index is 1010. The molecule has 1 aromatic carbocycles. The lowest BCUT2D eigenvalue weighted by Gasteiger charge is -2.07. The number of hydrogen-bond donors (Lipinski definition) is 2. The van der Waals surface area contributed by atoms with Crippen LogP contribution in [0.3, 0.4) is 0 Å². The van der Waals surface area contributed by atoms with Gasteiger partial charge < -0.3 is 15.0 Å². The number of H-pyrrole nitrogens is 1. The Morgan fingerprint density at radius 3 is 3.00 bits per heavy atom. The largest absolute Gasteiger partial charge is 0.480 e. The summed E-state index contributed by atoms with van der Waals surface area (Å²) >= 11 is 5.98. The maximum absolute atomic E-state index is 12.1. The number of methoxy groups -OCH3 is 1. The predicted octanol–water partition coefficient (Wildman–Crippen LogP) is 2.46. The van der Waals surface area contributed by atoms with Crippen LogP contribution >= 0.6 is 11.6 Å². The summed E-state index contributed by atoms with van der Waals surface area (Å²) < 4.78 is 5.03. The smallest absolute Gasteiger partial charge is 0.253 e. The van der Waals surface area contributed by atoms with Crippen LogP contribution in [-0.2, 0) is 6.54 Å². The standard InChI is InChI=1S/C16H12ClN5O2/c1-24-15-11(6-18)8-20-16(22-15)19-7-10-4-9-5-12(17)2-3-13(9)21-14(10)23/h2-5,8H,7H2,1H3,(H,21,23)(H,19,20,22). The number of aromatic nitrogens is 3. The number of aromatic amines is 1. The number of pyridine rings is 1. The van der Waals surface area contributed by atoms with Gasteiger partial charge in [-0.2, -0.15) is 10.2 Å². The molecule has 0 bridgehead atoms. The highest BCUT2D eigenvalue weighted by Crippen LogP contribution is 2.18. The van der Waals surface area contributed by atoms with Gasteiger partial charge in [0.15, 0.2) is 0 Å². The van der Waals surface area contributed by atoms with Crippen molar-refractivity contribution in [2.45, 2.75) is 6.54 Å². The van der Waals surface area contributed by atoms with Crippen LogP contribution < -0.4 is 15.6 Å². The van der Waals surface area contributed by atoms with Gasteiger partial charge in [0.05, 0.1) is 13.3 Å². The molecular formula is C16H12ClN5O2. The first-order valence-corrected chi connectivity index (χ1v) is 7.35. The summed E-state index contributed by atoms with van der Waals surface area (Å²) in [5.74, 6) is 0.436. The maximum Gasteiger partial charge on any atom is 0.253 e. The van der Waals surface area contributed by atoms with Gasteiger partial charge in [0, 0.05) is 28.0 Å². The third-order valence-electron chi connectivity index (χ3n) is 3.39. The number of benzene rings is 1. The van der Waals surface area contributed by atoms with Gasteiger partial charge in [0.25, 0.3) is 5.56 Å². The fraction of sp³-hybridized carbons (Fsp3) is 0.125. The van der Waals surface area contributed by atoms with Gasteiger partial charge in [0.2, 0.25) is 11.8 Å². The van der Waals surface area contributed by atoms with Crippen molar-refractivity contribution in [2.75, 3.05) is 12.4 Å². The van der Waals surface area contributed by atoms with Crippen LogP contribution in [0, 0.1) is 11.3 Å². The Hall–Kier alpha value is -3.11. The highest BCUT2D eigenvalue weighted by Gasteiger charge is 2.08. The van der Waals surface area contributed by atoms with E-state index in [9.17, 15) is 4.79 Å². The molecule has 0 saturated heterocycles. The van der Waals surface area contributed by atoms with Gasteiger partial charge in [-0.1, -0.05) is 11.6 Å². The Kier molecular flexibility index (Phi) is 4.31. The zero-order valence-electron chi connectivity index (χ0n) is 12.6. The highest BCUT2D eigenvalue weighted by atomic mass is 35.5. The molecule has 0 unspecified atom stereocenters. The van der Waals surface area contributed by atoms with Crippen LogP contribution in [-0.4, -0.2) is 22.1 Å². The molecule has 2 heterocycles. The van der Waals surface area contributed by atoms with E-state index in [0.29, 0.717) is 16.1 Å². The van der Waals surface area contributed by atoms with Gasteiger partial charge in [-0.05, 0) is 24.3 Å². The quantitative estimate of drug-likeness (QED) is 0.755. The normalized spacial score (nSPS) is 10.4. The van der Waals surface area contributed by atoms with Crippen molar-refractivity contribution in [2.24, 2.45) is 0 Å². The third kappa shape index (κ3) is 3.14. The second kappa shape index (κ2) is 6.56. The molecule has 0 radical (unpaired) electrons. The van der Waals surface area contributed by atoms with Gasteiger partial charge in [0.1, 0.15) is 11.6 Å². The molecule has 7 nitrogen and oxygen atoms in total. The van der Waals surface area contributed by atoms with Gasteiger partial charge in [-0.15, -0.1) is 0 Å². The number of anilines is 1. The summed E-state index contributed by atoms with van der Waals surface area (Å²) in [6, 6.07) is 8.94. The molecule has 0 saturated carbocycles. The Morgan fingerprint density at radius 2 is 2.25 bits per heavy atom. The monoisotopic (exact) mass is 341 g/mol. The van der Waals surface area contributed by atoms with Crippen molar-refractivity contribution in [3.63, 3.8) is 0 Å². The molecule has 2 N–H and O–H groups in total. The van der Waals surface area contributed by atoms with Crippen molar-refractivity contribution in [3.8, 4) is 11.9 Å². The minimum atomic E-state index is -0.210. The lowest BCUT2D eigenvalue weighted by atomic mass is 10.1. The van der Waals surface area contributed by atoms with Gasteiger partial charge in [-0.3, -0.25) is 4.79 Å². The molecule has 3 aromatic rings. The van der Waals surface area contributed by atoms with E-state index in [1.165, 1.54) is 13.3 Å². The van der Waals surface area contributed by atoms with Crippen LogP contribution in [0.15, 0.2) is 35.3 Å². The van der Waals surface area contributed by atoms with E-state index < -0.39 is 0 Å². The molecule has 0 atom stereocenters. The molecule has 2 aromatic heterocycles. The number of rotatable bonds is 4. The summed E-state index contributed by atoms with van der Waals surface area (Å²) in [4.78, 5) is 23.0. The van der Waals surface area contributed by atoms with Crippen LogP contribution in [0.4, 0.5) is 5.95 Å². The van der Waals surface area contributed by atoms with E-state index in [2.05, 4.69) is 20.3 Å². The van der Waals surface area contributed by atoms with E-state index in [4.69, 9.17) is 21.6 Å². The molecule has 0 spiro atoms. The molecule has 0 aliphatic rings. The molecular weight excluding hydrogens is 330 g/mol. The minimum absolute atomic E-state index is 0.175. The molecule has 0 aliphatic carbocycles.